The van der Waals surface area contributed by atoms with Gasteiger partial charge in [0.15, 0.2) is 0 Å². The van der Waals surface area contributed by atoms with Gasteiger partial charge in [-0.2, -0.15) is 5.10 Å². The molecule has 0 amide bonds. The molecule has 2 heteroatoms. The molecule has 0 bridgehead atoms. The second-order valence-corrected chi connectivity index (χ2v) is 4.81. The molecule has 1 aromatic carbocycles. The van der Waals surface area contributed by atoms with Crippen LogP contribution in [0.3, 0.4) is 0 Å². The summed E-state index contributed by atoms with van der Waals surface area (Å²) in [4.78, 5) is 0. The molecule has 2 nitrogen and oxygen atoms in total. The number of hydrogen-bond acceptors (Lipinski definition) is 2. The Labute approximate surface area is 90.4 Å². The van der Waals surface area contributed by atoms with Crippen LogP contribution in [0.5, 0.6) is 0 Å². The molecule has 1 aromatic rings. The maximum absolute atomic E-state index is 4.49. The number of hydrogen-bond donors (Lipinski definition) is 1. The molecule has 78 valence electrons. The fraction of sp³-hybridized carbons (Fsp3) is 0.462. The van der Waals surface area contributed by atoms with E-state index in [1.54, 1.807) is 0 Å². The maximum Gasteiger partial charge on any atom is 0.0776 e. The van der Waals surface area contributed by atoms with E-state index in [9.17, 15) is 0 Å². The van der Waals surface area contributed by atoms with Crippen molar-refractivity contribution in [2.75, 3.05) is 0 Å². The SMILES string of the molecule is CC(C)C1=NNC2c3ccccc3CC12. The number of benzene rings is 1. The van der Waals surface area contributed by atoms with Gasteiger partial charge in [0.05, 0.1) is 6.04 Å². The first-order chi connectivity index (χ1) is 7.27. The van der Waals surface area contributed by atoms with Crippen LogP contribution in [-0.4, -0.2) is 5.71 Å². The second-order valence-electron chi connectivity index (χ2n) is 4.81. The molecule has 0 saturated heterocycles. The van der Waals surface area contributed by atoms with E-state index in [0.29, 0.717) is 17.9 Å². The number of rotatable bonds is 1. The predicted octanol–water partition coefficient (Wildman–Crippen LogP) is 2.52. The Morgan fingerprint density at radius 3 is 2.93 bits per heavy atom. The van der Waals surface area contributed by atoms with E-state index in [1.807, 2.05) is 0 Å². The zero-order valence-electron chi connectivity index (χ0n) is 9.20. The summed E-state index contributed by atoms with van der Waals surface area (Å²) in [5.74, 6) is 1.16. The number of hydrazone groups is 1. The summed E-state index contributed by atoms with van der Waals surface area (Å²) in [5, 5.41) is 4.49. The minimum absolute atomic E-state index is 0.443. The Balaban J connectivity index is 1.97. The van der Waals surface area contributed by atoms with Crippen LogP contribution in [0.1, 0.15) is 31.0 Å². The fourth-order valence-corrected chi connectivity index (χ4v) is 2.81. The van der Waals surface area contributed by atoms with Crippen LogP contribution in [0, 0.1) is 11.8 Å². The van der Waals surface area contributed by atoms with Crippen molar-refractivity contribution in [3.8, 4) is 0 Å². The lowest BCUT2D eigenvalue weighted by molar-refractivity contribution is 0.529. The standard InChI is InChI=1S/C13H16N2/c1-8(2)12-11-7-9-5-3-4-6-10(9)13(11)15-14-12/h3-6,8,11,13,15H,7H2,1-2H3. The van der Waals surface area contributed by atoms with E-state index >= 15 is 0 Å². The van der Waals surface area contributed by atoms with Gasteiger partial charge in [0.25, 0.3) is 0 Å². The van der Waals surface area contributed by atoms with Crippen LogP contribution >= 0.6 is 0 Å². The van der Waals surface area contributed by atoms with E-state index in [1.165, 1.54) is 16.8 Å². The summed E-state index contributed by atoms with van der Waals surface area (Å²) in [6, 6.07) is 9.17. The highest BCUT2D eigenvalue weighted by Gasteiger charge is 2.39. The highest BCUT2D eigenvalue weighted by atomic mass is 15.3. The lowest BCUT2D eigenvalue weighted by Crippen LogP contribution is -2.20. The third-order valence-electron chi connectivity index (χ3n) is 3.54. The Morgan fingerprint density at radius 2 is 2.13 bits per heavy atom. The molecule has 2 unspecified atom stereocenters. The van der Waals surface area contributed by atoms with Gasteiger partial charge in [0.1, 0.15) is 0 Å². The van der Waals surface area contributed by atoms with Crippen molar-refractivity contribution in [1.29, 1.82) is 0 Å². The summed E-state index contributed by atoms with van der Waals surface area (Å²) in [5.41, 5.74) is 7.58. The molecule has 0 saturated carbocycles. The van der Waals surface area contributed by atoms with Gasteiger partial charge in [-0.3, -0.25) is 0 Å². The average Bonchev–Trinajstić information content (AvgIpc) is 2.74. The Bertz CT molecular complexity index is 420. The Morgan fingerprint density at radius 1 is 1.33 bits per heavy atom. The van der Waals surface area contributed by atoms with Gasteiger partial charge in [-0.15, -0.1) is 0 Å². The molecular weight excluding hydrogens is 184 g/mol. The van der Waals surface area contributed by atoms with Crippen molar-refractivity contribution in [1.82, 2.24) is 5.43 Å². The molecule has 1 N–H and O–H groups in total. The van der Waals surface area contributed by atoms with Gasteiger partial charge in [-0.1, -0.05) is 38.1 Å². The van der Waals surface area contributed by atoms with Crippen molar-refractivity contribution in [3.05, 3.63) is 35.4 Å². The molecule has 0 fully saturated rings. The smallest absolute Gasteiger partial charge is 0.0776 e. The van der Waals surface area contributed by atoms with Gasteiger partial charge in [-0.05, 0) is 23.5 Å². The summed E-state index contributed by atoms with van der Waals surface area (Å²) >= 11 is 0. The van der Waals surface area contributed by atoms with Crippen molar-refractivity contribution in [2.24, 2.45) is 16.9 Å². The molecule has 0 radical (unpaired) electrons. The van der Waals surface area contributed by atoms with Gasteiger partial charge in [0.2, 0.25) is 0 Å². The van der Waals surface area contributed by atoms with Crippen LogP contribution in [0.15, 0.2) is 29.4 Å². The van der Waals surface area contributed by atoms with Gasteiger partial charge >= 0.3 is 0 Å². The zero-order chi connectivity index (χ0) is 10.4. The number of nitrogens with zero attached hydrogens (tertiary/aromatic N) is 1. The molecule has 0 aromatic heterocycles. The van der Waals surface area contributed by atoms with Gasteiger partial charge in [0, 0.05) is 11.6 Å². The fourth-order valence-electron chi connectivity index (χ4n) is 2.81. The molecule has 0 spiro atoms. The normalized spacial score (nSPS) is 27.3. The van der Waals surface area contributed by atoms with Crippen LogP contribution < -0.4 is 5.43 Å². The monoisotopic (exact) mass is 200 g/mol. The Kier molecular flexibility index (Phi) is 1.84. The Hall–Kier alpha value is -1.31. The van der Waals surface area contributed by atoms with E-state index in [0.717, 1.165) is 6.42 Å². The third-order valence-corrected chi connectivity index (χ3v) is 3.54. The maximum atomic E-state index is 4.49. The molecule has 2 aliphatic rings. The van der Waals surface area contributed by atoms with E-state index in [2.05, 4.69) is 48.6 Å². The van der Waals surface area contributed by atoms with Crippen LogP contribution in [0.4, 0.5) is 0 Å². The first-order valence-electron chi connectivity index (χ1n) is 5.68. The van der Waals surface area contributed by atoms with Crippen LogP contribution in [0.25, 0.3) is 0 Å². The lowest BCUT2D eigenvalue weighted by Gasteiger charge is -2.13. The van der Waals surface area contributed by atoms with Crippen molar-refractivity contribution in [3.63, 3.8) is 0 Å². The molecule has 1 aliphatic heterocycles. The molecular formula is C13H16N2. The van der Waals surface area contributed by atoms with Crippen molar-refractivity contribution < 1.29 is 0 Å². The lowest BCUT2D eigenvalue weighted by atomic mass is 9.90. The zero-order valence-corrected chi connectivity index (χ0v) is 9.20. The van der Waals surface area contributed by atoms with Crippen LogP contribution in [-0.2, 0) is 6.42 Å². The first kappa shape index (κ1) is 8.96. The van der Waals surface area contributed by atoms with Gasteiger partial charge < -0.3 is 5.43 Å². The van der Waals surface area contributed by atoms with E-state index in [4.69, 9.17) is 0 Å². The third kappa shape index (κ3) is 1.21. The molecule has 2 atom stereocenters. The minimum atomic E-state index is 0.443. The van der Waals surface area contributed by atoms with E-state index in [-0.39, 0.29) is 0 Å². The first-order valence-corrected chi connectivity index (χ1v) is 5.68. The highest BCUT2D eigenvalue weighted by Crippen LogP contribution is 2.40. The predicted molar refractivity (Wildman–Crippen MR) is 61.8 cm³/mol. The molecule has 15 heavy (non-hydrogen) atoms. The second kappa shape index (κ2) is 3.09. The summed E-state index contributed by atoms with van der Waals surface area (Å²) in [6.07, 6.45) is 1.16. The molecule has 1 aliphatic carbocycles. The van der Waals surface area contributed by atoms with E-state index < -0.39 is 0 Å². The van der Waals surface area contributed by atoms with Crippen LogP contribution in [0.2, 0.25) is 0 Å². The highest BCUT2D eigenvalue weighted by molar-refractivity contribution is 5.91. The number of fused-ring (bicyclic) bond motifs is 3. The molecule has 3 rings (SSSR count). The van der Waals surface area contributed by atoms with Gasteiger partial charge in [-0.25, -0.2) is 0 Å². The topological polar surface area (TPSA) is 24.4 Å². The number of nitrogens with one attached hydrogen (secondary N) is 1. The van der Waals surface area contributed by atoms with Crippen molar-refractivity contribution >= 4 is 5.71 Å². The largest absolute Gasteiger partial charge is 0.302 e. The quantitative estimate of drug-likeness (QED) is 0.740. The minimum Gasteiger partial charge on any atom is -0.302 e. The summed E-state index contributed by atoms with van der Waals surface area (Å²) in [6.45, 7) is 4.46. The summed E-state index contributed by atoms with van der Waals surface area (Å²) < 4.78 is 0. The molecule has 1 heterocycles. The summed E-state index contributed by atoms with van der Waals surface area (Å²) in [7, 11) is 0. The van der Waals surface area contributed by atoms with Crippen molar-refractivity contribution in [2.45, 2.75) is 26.3 Å². The average molecular weight is 200 g/mol.